The van der Waals surface area contributed by atoms with Gasteiger partial charge in [0.2, 0.25) is 0 Å². The van der Waals surface area contributed by atoms with Crippen molar-refractivity contribution in [3.8, 4) is 0 Å². The number of carboxylic acids is 1. The van der Waals surface area contributed by atoms with Gasteiger partial charge in [0.05, 0.1) is 33.9 Å². The molecule has 9 nitrogen and oxygen atoms in total. The van der Waals surface area contributed by atoms with Crippen molar-refractivity contribution in [3.05, 3.63) is 0 Å². The summed E-state index contributed by atoms with van der Waals surface area (Å²) in [6.45, 7) is 2.85. The van der Waals surface area contributed by atoms with Crippen molar-refractivity contribution in [1.82, 2.24) is 0 Å². The van der Waals surface area contributed by atoms with E-state index in [-0.39, 0.29) is 19.6 Å². The average molecular weight is 610 g/mol. The number of hydrogen-bond acceptors (Lipinski definition) is 7. The van der Waals surface area contributed by atoms with E-state index in [1.54, 1.807) is 0 Å². The van der Waals surface area contributed by atoms with E-state index in [0.717, 1.165) is 32.1 Å². The second-order valence-corrected chi connectivity index (χ2v) is 13.9. The molecular weight excluding hydrogens is 545 g/mol. The number of phosphoric acid groups is 1. The maximum Gasteiger partial charge on any atom is 0.303 e. The van der Waals surface area contributed by atoms with E-state index in [9.17, 15) is 19.4 Å². The zero-order valence-corrected chi connectivity index (χ0v) is 27.8. The lowest BCUT2D eigenvalue weighted by atomic mass is 10.0. The third-order valence-electron chi connectivity index (χ3n) is 7.31. The van der Waals surface area contributed by atoms with Crippen LogP contribution in [-0.4, -0.2) is 80.4 Å². The van der Waals surface area contributed by atoms with Crippen LogP contribution in [0.4, 0.5) is 0 Å². The summed E-state index contributed by atoms with van der Waals surface area (Å²) >= 11 is 0. The van der Waals surface area contributed by atoms with Gasteiger partial charge in [-0.1, -0.05) is 110 Å². The zero-order valence-electron chi connectivity index (χ0n) is 26.9. The number of likely N-dealkylation sites (N-methyl/N-ethyl adjacent to an activating group) is 1. The number of ether oxygens (including phenoxy) is 1. The SMILES string of the molecule is CCCCCCCCCCCCCCCC[C@@H](O)[C@H](COP(=O)([O-])OCC[N+](C)(C)C)OCCCCCCC(=O)O. The number of hydrogen-bond donors (Lipinski definition) is 2. The van der Waals surface area contributed by atoms with Gasteiger partial charge in [-0.15, -0.1) is 0 Å². The van der Waals surface area contributed by atoms with Crippen molar-refractivity contribution in [3.63, 3.8) is 0 Å². The molecule has 3 atom stereocenters. The summed E-state index contributed by atoms with van der Waals surface area (Å²) in [4.78, 5) is 22.9. The van der Waals surface area contributed by atoms with E-state index < -0.39 is 26.0 Å². The summed E-state index contributed by atoms with van der Waals surface area (Å²) in [6, 6.07) is 0. The first kappa shape index (κ1) is 40.5. The van der Waals surface area contributed by atoms with Crippen LogP contribution in [0.15, 0.2) is 0 Å². The Morgan fingerprint density at radius 3 is 1.76 bits per heavy atom. The van der Waals surface area contributed by atoms with Crippen molar-refractivity contribution in [2.75, 3.05) is 47.5 Å². The van der Waals surface area contributed by atoms with Gasteiger partial charge in [-0.2, -0.15) is 0 Å². The van der Waals surface area contributed by atoms with E-state index in [1.807, 2.05) is 21.1 Å². The van der Waals surface area contributed by atoms with Crippen LogP contribution in [0.2, 0.25) is 0 Å². The minimum Gasteiger partial charge on any atom is -0.756 e. The highest BCUT2D eigenvalue weighted by Crippen LogP contribution is 2.38. The number of nitrogens with zero attached hydrogens (tertiary/aromatic N) is 1. The molecule has 0 saturated carbocycles. The van der Waals surface area contributed by atoms with Crippen LogP contribution in [0.1, 0.15) is 135 Å². The van der Waals surface area contributed by atoms with Crippen LogP contribution in [0.25, 0.3) is 0 Å². The number of rotatable bonds is 31. The number of unbranched alkanes of at least 4 members (excludes halogenated alkanes) is 16. The molecule has 1 unspecified atom stereocenters. The predicted octanol–water partition coefficient (Wildman–Crippen LogP) is 6.85. The number of aliphatic hydroxyl groups is 1. The number of aliphatic hydroxyl groups excluding tert-OH is 1. The fourth-order valence-electron chi connectivity index (χ4n) is 4.60. The normalized spacial score (nSPS) is 15.1. The summed E-state index contributed by atoms with van der Waals surface area (Å²) < 4.78 is 28.7. The Labute approximate surface area is 251 Å². The van der Waals surface area contributed by atoms with Crippen molar-refractivity contribution in [2.24, 2.45) is 0 Å². The molecule has 0 amide bonds. The van der Waals surface area contributed by atoms with Crippen molar-refractivity contribution < 1.29 is 42.7 Å². The zero-order chi connectivity index (χ0) is 30.8. The Balaban J connectivity index is 4.28. The summed E-state index contributed by atoms with van der Waals surface area (Å²) in [6.07, 6.45) is 19.6. The molecule has 0 saturated heterocycles. The van der Waals surface area contributed by atoms with Gasteiger partial charge in [0.25, 0.3) is 7.82 Å². The average Bonchev–Trinajstić information content (AvgIpc) is 2.88. The fraction of sp³-hybridized carbons (Fsp3) is 0.968. The van der Waals surface area contributed by atoms with Crippen molar-refractivity contribution >= 4 is 13.8 Å². The van der Waals surface area contributed by atoms with E-state index in [0.29, 0.717) is 36.9 Å². The van der Waals surface area contributed by atoms with Crippen LogP contribution in [0.5, 0.6) is 0 Å². The predicted molar refractivity (Wildman–Crippen MR) is 164 cm³/mol. The lowest BCUT2D eigenvalue weighted by Crippen LogP contribution is -2.38. The third-order valence-corrected chi connectivity index (χ3v) is 8.27. The van der Waals surface area contributed by atoms with Crippen molar-refractivity contribution in [1.29, 1.82) is 0 Å². The molecule has 0 heterocycles. The first-order valence-corrected chi connectivity index (χ1v) is 17.8. The minimum absolute atomic E-state index is 0.0216. The molecule has 0 aromatic heterocycles. The van der Waals surface area contributed by atoms with Gasteiger partial charge in [-0.3, -0.25) is 9.36 Å². The Hall–Kier alpha value is -0.540. The Morgan fingerprint density at radius 2 is 1.24 bits per heavy atom. The van der Waals surface area contributed by atoms with E-state index in [1.165, 1.54) is 70.6 Å². The van der Waals surface area contributed by atoms with Gasteiger partial charge in [-0.25, -0.2) is 0 Å². The first-order chi connectivity index (χ1) is 19.5. The fourth-order valence-corrected chi connectivity index (χ4v) is 5.31. The lowest BCUT2D eigenvalue weighted by molar-refractivity contribution is -0.870. The molecule has 0 fully saturated rings. The van der Waals surface area contributed by atoms with Gasteiger partial charge in [-0.05, 0) is 19.3 Å². The topological polar surface area (TPSA) is 125 Å². The van der Waals surface area contributed by atoms with Crippen molar-refractivity contribution in [2.45, 2.75) is 148 Å². The third kappa shape index (κ3) is 29.3. The van der Waals surface area contributed by atoms with Crippen LogP contribution < -0.4 is 4.89 Å². The molecule has 2 N–H and O–H groups in total. The molecule has 0 radical (unpaired) electrons. The second kappa shape index (κ2) is 25.9. The van der Waals surface area contributed by atoms with Gasteiger partial charge in [0.1, 0.15) is 19.3 Å². The Morgan fingerprint density at radius 1 is 0.756 bits per heavy atom. The molecule has 0 aromatic carbocycles. The molecule has 10 heteroatoms. The van der Waals surface area contributed by atoms with Gasteiger partial charge < -0.3 is 33.4 Å². The molecule has 0 bridgehead atoms. The Kier molecular flexibility index (Phi) is 25.6. The van der Waals surface area contributed by atoms with Crippen LogP contribution in [-0.2, 0) is 23.1 Å². The molecule has 0 spiro atoms. The monoisotopic (exact) mass is 609 g/mol. The first-order valence-electron chi connectivity index (χ1n) is 16.4. The molecule has 0 rings (SSSR count). The minimum atomic E-state index is -4.50. The van der Waals surface area contributed by atoms with Crippen LogP contribution in [0, 0.1) is 0 Å². The molecule has 41 heavy (non-hydrogen) atoms. The highest BCUT2D eigenvalue weighted by molar-refractivity contribution is 7.45. The quantitative estimate of drug-likeness (QED) is 0.0497. The number of carbonyl (C=O) groups is 1. The number of quaternary nitrogens is 1. The highest BCUT2D eigenvalue weighted by atomic mass is 31.2. The number of aliphatic carboxylic acids is 1. The smallest absolute Gasteiger partial charge is 0.303 e. The highest BCUT2D eigenvalue weighted by Gasteiger charge is 2.23. The van der Waals surface area contributed by atoms with E-state index in [4.69, 9.17) is 18.9 Å². The standard InChI is InChI=1S/C31H64NO8P/c1-5-6-7-8-9-10-11-12-13-14-15-16-17-20-23-29(33)30(38-26-22-19-18-21-24-31(34)35)28-40-41(36,37)39-27-25-32(2,3)4/h29-30,33H,5-28H2,1-4H3,(H-,34,35,36,37)/t29-,30+/m1/s1. The van der Waals surface area contributed by atoms with Gasteiger partial charge >= 0.3 is 5.97 Å². The van der Waals surface area contributed by atoms with E-state index >= 15 is 0 Å². The summed E-state index contributed by atoms with van der Waals surface area (Å²) in [5.41, 5.74) is 0. The molecular formula is C31H64NO8P. The molecule has 0 aromatic rings. The summed E-state index contributed by atoms with van der Waals surface area (Å²) in [5.74, 6) is -0.796. The molecule has 0 aliphatic heterocycles. The Bertz CT molecular complexity index is 659. The lowest BCUT2D eigenvalue weighted by Gasteiger charge is -2.29. The summed E-state index contributed by atoms with van der Waals surface area (Å²) in [7, 11) is 1.33. The maximum atomic E-state index is 12.2. The maximum absolute atomic E-state index is 12.2. The van der Waals surface area contributed by atoms with Crippen LogP contribution >= 0.6 is 7.82 Å². The van der Waals surface area contributed by atoms with Gasteiger partial charge in [0, 0.05) is 13.0 Å². The number of carboxylic acid groups (broad SMARTS) is 1. The van der Waals surface area contributed by atoms with Crippen LogP contribution in [0.3, 0.4) is 0 Å². The van der Waals surface area contributed by atoms with E-state index in [2.05, 4.69) is 6.92 Å². The van der Waals surface area contributed by atoms with Gasteiger partial charge in [0.15, 0.2) is 0 Å². The summed E-state index contributed by atoms with van der Waals surface area (Å²) in [5, 5.41) is 19.5. The largest absolute Gasteiger partial charge is 0.756 e. The molecule has 0 aliphatic carbocycles. The second-order valence-electron chi connectivity index (χ2n) is 12.5. The molecule has 246 valence electrons. The molecule has 0 aliphatic rings. The number of phosphoric ester groups is 1.